The number of nitrogens with one attached hydrogen (secondary N) is 1. The van der Waals surface area contributed by atoms with Gasteiger partial charge >= 0.3 is 5.97 Å². The number of benzene rings is 1. The standard InChI is InChI=1S/C18H21FN4O3S/c19-14-3-1-13(2-4-14)18-21-15(12-27-18)10-22-5-7-23(8-6-22)11-16(24)20-9-17(25)26/h1-4,12H,5-11H2,(H,20,24)(H,25,26). The van der Waals surface area contributed by atoms with Crippen molar-refractivity contribution in [3.63, 3.8) is 0 Å². The Bertz CT molecular complexity index is 788. The highest BCUT2D eigenvalue weighted by Crippen LogP contribution is 2.24. The minimum absolute atomic E-state index is 0.215. The molecule has 0 aliphatic carbocycles. The van der Waals surface area contributed by atoms with Crippen LogP contribution in [0.25, 0.3) is 10.6 Å². The van der Waals surface area contributed by atoms with Crippen molar-refractivity contribution in [3.8, 4) is 10.6 Å². The first-order valence-corrected chi connectivity index (χ1v) is 9.51. The van der Waals surface area contributed by atoms with E-state index in [0.717, 1.165) is 49.0 Å². The number of thiazole rings is 1. The van der Waals surface area contributed by atoms with Crippen molar-refractivity contribution in [2.75, 3.05) is 39.3 Å². The van der Waals surface area contributed by atoms with Crippen molar-refractivity contribution in [3.05, 3.63) is 41.2 Å². The van der Waals surface area contributed by atoms with Gasteiger partial charge in [0.1, 0.15) is 17.4 Å². The van der Waals surface area contributed by atoms with Crippen LogP contribution in [0, 0.1) is 5.82 Å². The number of amides is 1. The molecule has 1 aromatic carbocycles. The van der Waals surface area contributed by atoms with Gasteiger partial charge in [-0.2, -0.15) is 0 Å². The summed E-state index contributed by atoms with van der Waals surface area (Å²) >= 11 is 1.54. The van der Waals surface area contributed by atoms with Crippen LogP contribution >= 0.6 is 11.3 Å². The van der Waals surface area contributed by atoms with Crippen LogP contribution in [0.2, 0.25) is 0 Å². The van der Waals surface area contributed by atoms with E-state index in [9.17, 15) is 14.0 Å². The molecule has 0 radical (unpaired) electrons. The molecule has 1 saturated heterocycles. The van der Waals surface area contributed by atoms with Gasteiger partial charge in [0.15, 0.2) is 0 Å². The lowest BCUT2D eigenvalue weighted by Crippen LogP contribution is -2.49. The molecule has 2 aromatic rings. The van der Waals surface area contributed by atoms with Crippen LogP contribution in [0.15, 0.2) is 29.6 Å². The van der Waals surface area contributed by atoms with Crippen LogP contribution < -0.4 is 5.32 Å². The second-order valence-electron chi connectivity index (χ2n) is 6.37. The molecule has 144 valence electrons. The van der Waals surface area contributed by atoms with E-state index in [1.54, 1.807) is 23.5 Å². The maximum atomic E-state index is 13.0. The topological polar surface area (TPSA) is 85.8 Å². The summed E-state index contributed by atoms with van der Waals surface area (Å²) in [5.74, 6) is -1.57. The van der Waals surface area contributed by atoms with Crippen molar-refractivity contribution in [2.24, 2.45) is 0 Å². The van der Waals surface area contributed by atoms with Crippen LogP contribution in [-0.2, 0) is 16.1 Å². The third-order valence-electron chi connectivity index (χ3n) is 4.30. The Labute approximate surface area is 160 Å². The van der Waals surface area contributed by atoms with Crippen LogP contribution in [0.3, 0.4) is 0 Å². The second-order valence-corrected chi connectivity index (χ2v) is 7.23. The van der Waals surface area contributed by atoms with Crippen molar-refractivity contribution < 1.29 is 19.1 Å². The Hall–Kier alpha value is -2.36. The number of carbonyl (C=O) groups is 2. The number of hydrogen-bond acceptors (Lipinski definition) is 6. The molecule has 1 aliphatic heterocycles. The number of halogens is 1. The zero-order chi connectivity index (χ0) is 19.2. The molecule has 7 nitrogen and oxygen atoms in total. The van der Waals surface area contributed by atoms with Crippen molar-refractivity contribution >= 4 is 23.2 Å². The molecule has 27 heavy (non-hydrogen) atoms. The number of rotatable bonds is 7. The monoisotopic (exact) mass is 392 g/mol. The summed E-state index contributed by atoms with van der Waals surface area (Å²) in [5, 5.41) is 13.8. The summed E-state index contributed by atoms with van der Waals surface area (Å²) < 4.78 is 13.0. The smallest absolute Gasteiger partial charge is 0.322 e. The summed E-state index contributed by atoms with van der Waals surface area (Å²) in [6, 6.07) is 6.32. The van der Waals surface area contributed by atoms with Gasteiger partial charge in [-0.1, -0.05) is 0 Å². The maximum absolute atomic E-state index is 13.0. The lowest BCUT2D eigenvalue weighted by molar-refractivity contribution is -0.138. The number of aromatic nitrogens is 1. The van der Waals surface area contributed by atoms with Crippen molar-refractivity contribution in [2.45, 2.75) is 6.54 Å². The van der Waals surface area contributed by atoms with Gasteiger partial charge in [-0.15, -0.1) is 11.3 Å². The molecule has 0 spiro atoms. The van der Waals surface area contributed by atoms with Gasteiger partial charge in [-0.3, -0.25) is 19.4 Å². The summed E-state index contributed by atoms with van der Waals surface area (Å²) in [6.07, 6.45) is 0. The van der Waals surface area contributed by atoms with E-state index < -0.39 is 5.97 Å². The second kappa shape index (κ2) is 9.03. The van der Waals surface area contributed by atoms with Gasteiger partial charge in [0.25, 0.3) is 0 Å². The minimum Gasteiger partial charge on any atom is -0.480 e. The van der Waals surface area contributed by atoms with E-state index in [-0.39, 0.29) is 24.8 Å². The summed E-state index contributed by atoms with van der Waals surface area (Å²) in [7, 11) is 0. The first kappa shape index (κ1) is 19.4. The highest BCUT2D eigenvalue weighted by molar-refractivity contribution is 7.13. The summed E-state index contributed by atoms with van der Waals surface area (Å²) in [6.45, 7) is 3.72. The Morgan fingerprint density at radius 3 is 2.48 bits per heavy atom. The number of carbonyl (C=O) groups excluding carboxylic acids is 1. The molecular weight excluding hydrogens is 371 g/mol. The lowest BCUT2D eigenvalue weighted by atomic mass is 10.2. The zero-order valence-corrected chi connectivity index (χ0v) is 15.5. The number of hydrogen-bond donors (Lipinski definition) is 2. The highest BCUT2D eigenvalue weighted by Gasteiger charge is 2.20. The third kappa shape index (κ3) is 5.81. The minimum atomic E-state index is -1.04. The zero-order valence-electron chi connectivity index (χ0n) is 14.7. The largest absolute Gasteiger partial charge is 0.480 e. The third-order valence-corrected chi connectivity index (χ3v) is 5.24. The van der Waals surface area contributed by atoms with E-state index in [2.05, 4.69) is 15.2 Å². The quantitative estimate of drug-likeness (QED) is 0.738. The maximum Gasteiger partial charge on any atom is 0.322 e. The first-order valence-electron chi connectivity index (χ1n) is 8.63. The lowest BCUT2D eigenvalue weighted by Gasteiger charge is -2.33. The molecule has 9 heteroatoms. The number of aliphatic carboxylic acids is 1. The number of carboxylic acid groups (broad SMARTS) is 1. The average molecular weight is 392 g/mol. The molecule has 1 fully saturated rings. The van der Waals surface area contributed by atoms with Crippen LogP contribution in [0.5, 0.6) is 0 Å². The molecule has 2 N–H and O–H groups in total. The normalized spacial score (nSPS) is 15.6. The SMILES string of the molecule is O=C(O)CNC(=O)CN1CCN(Cc2csc(-c3ccc(F)cc3)n2)CC1. The van der Waals surface area contributed by atoms with Gasteiger partial charge < -0.3 is 10.4 Å². The Morgan fingerprint density at radius 1 is 1.15 bits per heavy atom. The van der Waals surface area contributed by atoms with E-state index in [1.807, 2.05) is 10.3 Å². The Kier molecular flexibility index (Phi) is 6.49. The van der Waals surface area contributed by atoms with Gasteiger partial charge in [0.05, 0.1) is 12.2 Å². The van der Waals surface area contributed by atoms with Gasteiger partial charge in [-0.25, -0.2) is 9.37 Å². The van der Waals surface area contributed by atoms with Crippen LogP contribution in [0.4, 0.5) is 4.39 Å². The Balaban J connectivity index is 1.45. The highest BCUT2D eigenvalue weighted by atomic mass is 32.1. The molecule has 0 unspecified atom stereocenters. The van der Waals surface area contributed by atoms with Crippen LogP contribution in [0.1, 0.15) is 5.69 Å². The Morgan fingerprint density at radius 2 is 1.81 bits per heavy atom. The average Bonchev–Trinajstić information content (AvgIpc) is 3.11. The fourth-order valence-electron chi connectivity index (χ4n) is 2.87. The fraction of sp³-hybridized carbons (Fsp3) is 0.389. The van der Waals surface area contributed by atoms with Crippen molar-refractivity contribution in [1.29, 1.82) is 0 Å². The molecule has 2 heterocycles. The van der Waals surface area contributed by atoms with Gasteiger partial charge in [0, 0.05) is 43.7 Å². The summed E-state index contributed by atoms with van der Waals surface area (Å²) in [4.78, 5) is 31.1. The van der Waals surface area contributed by atoms with E-state index in [0.29, 0.717) is 0 Å². The van der Waals surface area contributed by atoms with E-state index in [4.69, 9.17) is 5.11 Å². The molecular formula is C18H21FN4O3S. The predicted octanol–water partition coefficient (Wildman–Crippen LogP) is 1.27. The van der Waals surface area contributed by atoms with Gasteiger partial charge in [0.2, 0.25) is 5.91 Å². The molecule has 1 amide bonds. The predicted molar refractivity (Wildman–Crippen MR) is 99.9 cm³/mol. The molecule has 1 aliphatic rings. The molecule has 1 aromatic heterocycles. The molecule has 0 saturated carbocycles. The molecule has 0 bridgehead atoms. The molecule has 3 rings (SSSR count). The van der Waals surface area contributed by atoms with E-state index >= 15 is 0 Å². The number of piperazine rings is 1. The number of nitrogens with zero attached hydrogens (tertiary/aromatic N) is 3. The first-order chi connectivity index (χ1) is 13.0. The number of carboxylic acids is 1. The van der Waals surface area contributed by atoms with Crippen LogP contribution in [-0.4, -0.2) is 71.0 Å². The van der Waals surface area contributed by atoms with Crippen molar-refractivity contribution in [1.82, 2.24) is 20.1 Å². The van der Waals surface area contributed by atoms with Gasteiger partial charge in [-0.05, 0) is 24.3 Å². The fourth-order valence-corrected chi connectivity index (χ4v) is 3.69. The van der Waals surface area contributed by atoms with E-state index in [1.165, 1.54) is 12.1 Å². The summed E-state index contributed by atoms with van der Waals surface area (Å²) in [5.41, 5.74) is 1.89. The molecule has 0 atom stereocenters.